The Morgan fingerprint density at radius 1 is 0.375 bits per heavy atom. The molecule has 0 radical (unpaired) electrons. The van der Waals surface area contributed by atoms with Crippen molar-refractivity contribution < 1.29 is 25.2 Å². The van der Waals surface area contributed by atoms with Crippen LogP contribution in [0.5, 0.6) is 0 Å². The van der Waals surface area contributed by atoms with Gasteiger partial charge in [0.15, 0.2) is 0 Å². The van der Waals surface area contributed by atoms with Gasteiger partial charge in [-0.15, -0.1) is 0 Å². The number of amides is 1. The SMILES string of the molecule is CCCCCCCCCCCCCCCCCCCCCCC(O)C(=O)NC(CO)C(O)C(O)CCCCCCCCCCCCCCCCCCCCCC. The quantitative estimate of drug-likeness (QED) is 0.0394. The van der Waals surface area contributed by atoms with E-state index >= 15 is 0 Å². The van der Waals surface area contributed by atoms with E-state index < -0.39 is 36.9 Å². The van der Waals surface area contributed by atoms with E-state index in [1.54, 1.807) is 0 Å². The van der Waals surface area contributed by atoms with Crippen molar-refractivity contribution in [3.05, 3.63) is 0 Å². The normalized spacial score (nSPS) is 13.9. The molecule has 0 bridgehead atoms. The monoisotopic (exact) mass is 796 g/mol. The second-order valence-corrected chi connectivity index (χ2v) is 17.9. The average Bonchev–Trinajstić information content (AvgIpc) is 3.20. The van der Waals surface area contributed by atoms with E-state index in [9.17, 15) is 25.2 Å². The standard InChI is InChI=1S/C50H101NO5/c1-3-5-7-9-11-13-15-17-19-21-23-25-27-29-31-33-35-37-39-41-43-47(53)49(55)46(45-52)51-50(56)48(54)44-42-40-38-36-34-32-30-28-26-24-22-20-18-16-14-12-10-8-6-4-2/h46-49,52-55H,3-45H2,1-2H3,(H,51,56). The Morgan fingerprint density at radius 3 is 0.857 bits per heavy atom. The molecule has 4 atom stereocenters. The second kappa shape index (κ2) is 45.4. The third kappa shape index (κ3) is 38.8. The Kier molecular flexibility index (Phi) is 44.8. The van der Waals surface area contributed by atoms with Crippen LogP contribution in [-0.2, 0) is 4.79 Å². The molecule has 0 aliphatic rings. The maximum absolute atomic E-state index is 12.6. The van der Waals surface area contributed by atoms with E-state index in [2.05, 4.69) is 19.2 Å². The average molecular weight is 796 g/mol. The van der Waals surface area contributed by atoms with Crippen LogP contribution in [0, 0.1) is 0 Å². The summed E-state index contributed by atoms with van der Waals surface area (Å²) in [6, 6.07) is -0.979. The van der Waals surface area contributed by atoms with E-state index in [0.29, 0.717) is 12.8 Å². The zero-order valence-corrected chi connectivity index (χ0v) is 37.9. The van der Waals surface area contributed by atoms with Crippen LogP contribution in [0.25, 0.3) is 0 Å². The van der Waals surface area contributed by atoms with Crippen LogP contribution in [0.2, 0.25) is 0 Å². The molecule has 0 aromatic carbocycles. The van der Waals surface area contributed by atoms with Crippen molar-refractivity contribution in [2.45, 2.75) is 308 Å². The molecule has 0 heterocycles. The van der Waals surface area contributed by atoms with Gasteiger partial charge in [-0.25, -0.2) is 0 Å². The fraction of sp³-hybridized carbons (Fsp3) is 0.980. The topological polar surface area (TPSA) is 110 Å². The Labute approximate surface area is 350 Å². The number of aliphatic hydroxyl groups excluding tert-OH is 4. The zero-order chi connectivity index (χ0) is 41.0. The first kappa shape index (κ1) is 55.3. The first-order valence-electron chi connectivity index (χ1n) is 25.4. The van der Waals surface area contributed by atoms with Gasteiger partial charge in [-0.2, -0.15) is 0 Å². The maximum atomic E-state index is 12.6. The van der Waals surface area contributed by atoms with Crippen LogP contribution in [0.15, 0.2) is 0 Å². The zero-order valence-electron chi connectivity index (χ0n) is 37.9. The number of carbonyl (C=O) groups is 1. The van der Waals surface area contributed by atoms with E-state index in [1.807, 2.05) is 0 Å². The molecule has 1 amide bonds. The molecule has 56 heavy (non-hydrogen) atoms. The molecule has 6 heteroatoms. The number of hydrogen-bond acceptors (Lipinski definition) is 5. The van der Waals surface area contributed by atoms with Gasteiger partial charge in [0.25, 0.3) is 0 Å². The summed E-state index contributed by atoms with van der Waals surface area (Å²) in [7, 11) is 0. The van der Waals surface area contributed by atoms with Gasteiger partial charge in [-0.3, -0.25) is 4.79 Å². The number of hydrogen-bond donors (Lipinski definition) is 5. The molecule has 0 saturated carbocycles. The third-order valence-electron chi connectivity index (χ3n) is 12.3. The molecule has 0 saturated heterocycles. The first-order chi connectivity index (χ1) is 27.5. The summed E-state index contributed by atoms with van der Waals surface area (Å²) in [5.74, 6) is -0.577. The molecule has 0 spiro atoms. The van der Waals surface area contributed by atoms with Crippen LogP contribution < -0.4 is 5.32 Å². The highest BCUT2D eigenvalue weighted by atomic mass is 16.3. The summed E-state index contributed by atoms with van der Waals surface area (Å²) in [5.41, 5.74) is 0. The van der Waals surface area contributed by atoms with E-state index in [1.165, 1.54) is 218 Å². The Balaban J connectivity index is 3.63. The first-order valence-corrected chi connectivity index (χ1v) is 25.4. The number of rotatable bonds is 47. The summed E-state index contributed by atoms with van der Waals surface area (Å²) in [5, 5.41) is 43.9. The van der Waals surface area contributed by atoms with Crippen molar-refractivity contribution in [2.24, 2.45) is 0 Å². The minimum Gasteiger partial charge on any atom is -0.394 e. The van der Waals surface area contributed by atoms with Gasteiger partial charge in [0, 0.05) is 0 Å². The number of aliphatic hydroxyl groups is 4. The Bertz CT molecular complexity index is 766. The maximum Gasteiger partial charge on any atom is 0.249 e. The van der Waals surface area contributed by atoms with Gasteiger partial charge in [-0.1, -0.05) is 271 Å². The number of unbranched alkanes of at least 4 members (excludes halogenated alkanes) is 38. The van der Waals surface area contributed by atoms with Crippen LogP contribution >= 0.6 is 0 Å². The lowest BCUT2D eigenvalue weighted by Gasteiger charge is -2.27. The van der Waals surface area contributed by atoms with E-state index in [4.69, 9.17) is 0 Å². The second-order valence-electron chi connectivity index (χ2n) is 17.9. The largest absolute Gasteiger partial charge is 0.394 e. The molecule has 336 valence electrons. The lowest BCUT2D eigenvalue weighted by atomic mass is 9.99. The van der Waals surface area contributed by atoms with Crippen LogP contribution in [-0.4, -0.2) is 57.3 Å². The molecule has 0 fully saturated rings. The summed E-state index contributed by atoms with van der Waals surface area (Å²) in [4.78, 5) is 12.6. The predicted octanol–water partition coefficient (Wildman–Crippen LogP) is 14.0. The molecule has 0 rings (SSSR count). The number of carbonyl (C=O) groups excluding carboxylic acids is 1. The lowest BCUT2D eigenvalue weighted by Crippen LogP contribution is -2.53. The highest BCUT2D eigenvalue weighted by Gasteiger charge is 2.28. The number of nitrogens with one attached hydrogen (secondary N) is 1. The molecular formula is C50H101NO5. The van der Waals surface area contributed by atoms with Crippen molar-refractivity contribution in [3.63, 3.8) is 0 Å². The fourth-order valence-electron chi connectivity index (χ4n) is 8.29. The Hall–Kier alpha value is -0.690. The Morgan fingerprint density at radius 2 is 0.607 bits per heavy atom. The van der Waals surface area contributed by atoms with E-state index in [-0.39, 0.29) is 0 Å². The minimum atomic E-state index is -1.25. The van der Waals surface area contributed by atoms with Crippen LogP contribution in [0.4, 0.5) is 0 Å². The van der Waals surface area contributed by atoms with Crippen molar-refractivity contribution >= 4 is 5.91 Å². The van der Waals surface area contributed by atoms with Crippen molar-refractivity contribution in [2.75, 3.05) is 6.61 Å². The molecule has 5 N–H and O–H groups in total. The summed E-state index contributed by atoms with van der Waals surface area (Å²) >= 11 is 0. The van der Waals surface area contributed by atoms with E-state index in [0.717, 1.165) is 38.5 Å². The predicted molar refractivity (Wildman–Crippen MR) is 242 cm³/mol. The molecule has 6 nitrogen and oxygen atoms in total. The third-order valence-corrected chi connectivity index (χ3v) is 12.3. The minimum absolute atomic E-state index is 0.376. The van der Waals surface area contributed by atoms with Crippen LogP contribution in [0.1, 0.15) is 284 Å². The lowest BCUT2D eigenvalue weighted by molar-refractivity contribution is -0.132. The van der Waals surface area contributed by atoms with Gasteiger partial charge in [-0.05, 0) is 12.8 Å². The van der Waals surface area contributed by atoms with Crippen molar-refractivity contribution in [3.8, 4) is 0 Å². The highest BCUT2D eigenvalue weighted by molar-refractivity contribution is 5.80. The summed E-state index contributed by atoms with van der Waals surface area (Å²) < 4.78 is 0. The molecule has 0 aromatic heterocycles. The van der Waals surface area contributed by atoms with Gasteiger partial charge >= 0.3 is 0 Å². The molecule has 0 aliphatic carbocycles. The van der Waals surface area contributed by atoms with Crippen molar-refractivity contribution in [1.29, 1.82) is 0 Å². The molecule has 0 aromatic rings. The van der Waals surface area contributed by atoms with Crippen molar-refractivity contribution in [1.82, 2.24) is 5.32 Å². The van der Waals surface area contributed by atoms with Crippen LogP contribution in [0.3, 0.4) is 0 Å². The highest BCUT2D eigenvalue weighted by Crippen LogP contribution is 2.18. The van der Waals surface area contributed by atoms with Gasteiger partial charge in [0.2, 0.25) is 5.91 Å². The van der Waals surface area contributed by atoms with Gasteiger partial charge in [0.1, 0.15) is 12.2 Å². The molecule has 0 aliphatic heterocycles. The van der Waals surface area contributed by atoms with Gasteiger partial charge in [0.05, 0.1) is 18.8 Å². The fourth-order valence-corrected chi connectivity index (χ4v) is 8.29. The molecular weight excluding hydrogens is 695 g/mol. The summed E-state index contributed by atoms with van der Waals surface area (Å²) in [6.45, 7) is 4.09. The summed E-state index contributed by atoms with van der Waals surface area (Å²) in [6.07, 6.45) is 50.0. The van der Waals surface area contributed by atoms with Gasteiger partial charge < -0.3 is 25.7 Å². The smallest absolute Gasteiger partial charge is 0.249 e. The molecule has 4 unspecified atom stereocenters.